The molecule has 0 spiro atoms. The summed E-state index contributed by atoms with van der Waals surface area (Å²) in [5.74, 6) is 0.235. The van der Waals surface area contributed by atoms with Gasteiger partial charge in [0.25, 0.3) is 0 Å². The molecule has 0 bridgehead atoms. The van der Waals surface area contributed by atoms with Gasteiger partial charge in [0.15, 0.2) is 6.61 Å². The minimum absolute atomic E-state index is 0.0754. The van der Waals surface area contributed by atoms with E-state index in [2.05, 4.69) is 10.2 Å². The van der Waals surface area contributed by atoms with Crippen molar-refractivity contribution in [3.8, 4) is 5.88 Å². The van der Waals surface area contributed by atoms with Crippen molar-refractivity contribution in [3.05, 3.63) is 46.6 Å². The van der Waals surface area contributed by atoms with Gasteiger partial charge in [-0.25, -0.2) is 0 Å². The lowest BCUT2D eigenvalue weighted by Gasteiger charge is -2.03. The summed E-state index contributed by atoms with van der Waals surface area (Å²) in [6, 6.07) is 8.60. The fourth-order valence-electron chi connectivity index (χ4n) is 1.37. The monoisotopic (exact) mass is 250 g/mol. The number of aryl methyl sites for hydroxylation is 1. The van der Waals surface area contributed by atoms with E-state index in [4.69, 9.17) is 16.3 Å². The summed E-state index contributed by atoms with van der Waals surface area (Å²) in [7, 11) is 0. The number of halogens is 1. The van der Waals surface area contributed by atoms with Crippen LogP contribution in [0.25, 0.3) is 0 Å². The molecule has 0 aliphatic carbocycles. The van der Waals surface area contributed by atoms with Crippen molar-refractivity contribution in [2.45, 2.75) is 6.92 Å². The highest BCUT2D eigenvalue weighted by molar-refractivity contribution is 6.34. The topological polar surface area (TPSA) is 55.0 Å². The molecule has 1 heterocycles. The van der Waals surface area contributed by atoms with E-state index in [1.54, 1.807) is 30.3 Å². The van der Waals surface area contributed by atoms with Gasteiger partial charge < -0.3 is 4.74 Å². The van der Waals surface area contributed by atoms with Gasteiger partial charge in [0, 0.05) is 17.3 Å². The van der Waals surface area contributed by atoms with Gasteiger partial charge in [0.2, 0.25) is 11.7 Å². The van der Waals surface area contributed by atoms with Crippen LogP contribution in [0.5, 0.6) is 5.88 Å². The maximum absolute atomic E-state index is 11.8. The van der Waals surface area contributed by atoms with Crippen molar-refractivity contribution in [1.82, 2.24) is 10.2 Å². The third-order valence-corrected chi connectivity index (χ3v) is 2.54. The first-order chi connectivity index (χ1) is 8.16. The first-order valence-corrected chi connectivity index (χ1v) is 5.47. The van der Waals surface area contributed by atoms with Crippen LogP contribution in [0.15, 0.2) is 30.3 Å². The number of ether oxygens (including phenoxy) is 1. The van der Waals surface area contributed by atoms with E-state index in [9.17, 15) is 4.79 Å². The number of H-pyrrole nitrogens is 1. The Morgan fingerprint density at radius 3 is 2.88 bits per heavy atom. The number of nitrogens with zero attached hydrogens (tertiary/aromatic N) is 1. The van der Waals surface area contributed by atoms with Crippen LogP contribution in [0.3, 0.4) is 0 Å². The Bertz CT molecular complexity index is 537. The van der Waals surface area contributed by atoms with Gasteiger partial charge >= 0.3 is 0 Å². The molecule has 0 saturated heterocycles. The SMILES string of the molecule is Cc1cc(OCC(=O)c2ccccc2Cl)n[nH]1. The highest BCUT2D eigenvalue weighted by Gasteiger charge is 2.11. The van der Waals surface area contributed by atoms with Crippen LogP contribution < -0.4 is 4.74 Å². The molecule has 0 amide bonds. The van der Waals surface area contributed by atoms with E-state index in [1.165, 1.54) is 0 Å². The first kappa shape index (κ1) is 11.7. The quantitative estimate of drug-likeness (QED) is 0.849. The van der Waals surface area contributed by atoms with Crippen LogP contribution in [0, 0.1) is 6.92 Å². The number of benzene rings is 1. The number of ketones is 1. The number of rotatable bonds is 4. The van der Waals surface area contributed by atoms with Crippen LogP contribution in [0.4, 0.5) is 0 Å². The standard InChI is InChI=1S/C12H11ClN2O2/c1-8-6-12(15-14-8)17-7-11(16)9-4-2-3-5-10(9)13/h2-6H,7H2,1H3,(H,14,15). The fourth-order valence-corrected chi connectivity index (χ4v) is 1.61. The van der Waals surface area contributed by atoms with Gasteiger partial charge in [-0.2, -0.15) is 0 Å². The number of aromatic nitrogens is 2. The third-order valence-electron chi connectivity index (χ3n) is 2.21. The molecule has 0 aliphatic rings. The molecule has 1 N–H and O–H groups in total. The van der Waals surface area contributed by atoms with Crippen LogP contribution in [-0.4, -0.2) is 22.6 Å². The summed E-state index contributed by atoms with van der Waals surface area (Å²) in [6.45, 7) is 1.78. The lowest BCUT2D eigenvalue weighted by Crippen LogP contribution is -2.12. The smallest absolute Gasteiger partial charge is 0.233 e. The first-order valence-electron chi connectivity index (χ1n) is 5.09. The molecule has 0 radical (unpaired) electrons. The zero-order chi connectivity index (χ0) is 12.3. The van der Waals surface area contributed by atoms with Gasteiger partial charge in [-0.3, -0.25) is 9.89 Å². The van der Waals surface area contributed by atoms with Crippen molar-refractivity contribution < 1.29 is 9.53 Å². The van der Waals surface area contributed by atoms with Gasteiger partial charge in [-0.15, -0.1) is 5.10 Å². The molecule has 0 saturated carbocycles. The zero-order valence-electron chi connectivity index (χ0n) is 9.24. The normalized spacial score (nSPS) is 10.2. The predicted octanol–water partition coefficient (Wildman–Crippen LogP) is 2.63. The summed E-state index contributed by atoms with van der Waals surface area (Å²) in [6.07, 6.45) is 0. The Hall–Kier alpha value is -1.81. The molecule has 5 heteroatoms. The summed E-state index contributed by atoms with van der Waals surface area (Å²) in [5.41, 5.74) is 1.34. The Morgan fingerprint density at radius 2 is 2.24 bits per heavy atom. The molecule has 2 rings (SSSR count). The summed E-state index contributed by atoms with van der Waals surface area (Å²) in [5, 5.41) is 7.03. The highest BCUT2D eigenvalue weighted by Crippen LogP contribution is 2.16. The maximum Gasteiger partial charge on any atom is 0.233 e. The molecule has 0 fully saturated rings. The minimum atomic E-state index is -0.170. The molecular weight excluding hydrogens is 240 g/mol. The summed E-state index contributed by atoms with van der Waals surface area (Å²) >= 11 is 5.91. The van der Waals surface area contributed by atoms with Crippen molar-refractivity contribution in [1.29, 1.82) is 0 Å². The second kappa shape index (κ2) is 5.01. The number of nitrogens with one attached hydrogen (secondary N) is 1. The largest absolute Gasteiger partial charge is 0.468 e. The molecule has 0 unspecified atom stereocenters. The van der Waals surface area contributed by atoms with Crippen molar-refractivity contribution >= 4 is 17.4 Å². The molecule has 0 atom stereocenters. The third kappa shape index (κ3) is 2.85. The molecule has 17 heavy (non-hydrogen) atoms. The number of carbonyl (C=O) groups is 1. The molecule has 1 aromatic carbocycles. The van der Waals surface area contributed by atoms with E-state index in [1.807, 2.05) is 6.92 Å². The molecule has 88 valence electrons. The Morgan fingerprint density at radius 1 is 1.47 bits per heavy atom. The van der Waals surface area contributed by atoms with Gasteiger partial charge in [0.1, 0.15) is 0 Å². The second-order valence-electron chi connectivity index (χ2n) is 3.58. The Kier molecular flexibility index (Phi) is 3.44. The second-order valence-corrected chi connectivity index (χ2v) is 3.99. The molecule has 1 aromatic heterocycles. The highest BCUT2D eigenvalue weighted by atomic mass is 35.5. The average molecular weight is 251 g/mol. The number of hydrogen-bond donors (Lipinski definition) is 1. The van der Waals surface area contributed by atoms with Crippen LogP contribution in [0.2, 0.25) is 5.02 Å². The van der Waals surface area contributed by atoms with E-state index in [-0.39, 0.29) is 12.4 Å². The zero-order valence-corrected chi connectivity index (χ0v) is 9.99. The van der Waals surface area contributed by atoms with Crippen LogP contribution in [-0.2, 0) is 0 Å². The Balaban J connectivity index is 2.01. The molecule has 2 aromatic rings. The molecule has 0 aliphatic heterocycles. The van der Waals surface area contributed by atoms with E-state index >= 15 is 0 Å². The lowest BCUT2D eigenvalue weighted by molar-refractivity contribution is 0.0918. The van der Waals surface area contributed by atoms with Gasteiger partial charge in [-0.05, 0) is 19.1 Å². The van der Waals surface area contributed by atoms with Crippen LogP contribution >= 0.6 is 11.6 Å². The van der Waals surface area contributed by atoms with Crippen molar-refractivity contribution in [3.63, 3.8) is 0 Å². The number of hydrogen-bond acceptors (Lipinski definition) is 3. The van der Waals surface area contributed by atoms with Gasteiger partial charge in [-0.1, -0.05) is 23.7 Å². The van der Waals surface area contributed by atoms with E-state index < -0.39 is 0 Å². The number of carbonyl (C=O) groups excluding carboxylic acids is 1. The van der Waals surface area contributed by atoms with E-state index in [0.717, 1.165) is 5.69 Å². The lowest BCUT2D eigenvalue weighted by atomic mass is 10.1. The molecular formula is C12H11ClN2O2. The Labute approximate surface area is 104 Å². The minimum Gasteiger partial charge on any atom is -0.468 e. The number of Topliss-reactive ketones (excluding diaryl/α,β-unsaturated/α-hetero) is 1. The fraction of sp³-hybridized carbons (Fsp3) is 0.167. The molecule has 4 nitrogen and oxygen atoms in total. The maximum atomic E-state index is 11.8. The predicted molar refractivity (Wildman–Crippen MR) is 64.6 cm³/mol. The van der Waals surface area contributed by atoms with Gasteiger partial charge in [0.05, 0.1) is 5.02 Å². The van der Waals surface area contributed by atoms with Crippen LogP contribution in [0.1, 0.15) is 16.1 Å². The average Bonchev–Trinajstić information content (AvgIpc) is 2.73. The van der Waals surface area contributed by atoms with E-state index in [0.29, 0.717) is 16.5 Å². The summed E-state index contributed by atoms with van der Waals surface area (Å²) < 4.78 is 5.25. The summed E-state index contributed by atoms with van der Waals surface area (Å²) in [4.78, 5) is 11.8. The number of aromatic amines is 1. The van der Waals surface area contributed by atoms with Crippen molar-refractivity contribution in [2.24, 2.45) is 0 Å². The van der Waals surface area contributed by atoms with Crippen molar-refractivity contribution in [2.75, 3.05) is 6.61 Å².